The summed E-state index contributed by atoms with van der Waals surface area (Å²) in [6.45, 7) is 1.56. The Kier molecular flexibility index (Phi) is 4.22. The number of nitrogens with one attached hydrogen (secondary N) is 1. The average molecular weight is 259 g/mol. The van der Waals surface area contributed by atoms with Gasteiger partial charge in [0.15, 0.2) is 0 Å². The molecule has 0 aliphatic heterocycles. The number of nitrogens with zero attached hydrogens (tertiary/aromatic N) is 2. The zero-order valence-corrected chi connectivity index (χ0v) is 9.99. The van der Waals surface area contributed by atoms with Crippen LogP contribution in [0, 0.1) is 0 Å². The molecule has 1 amide bonds. The Hall–Kier alpha value is -1.89. The second-order valence-electron chi connectivity index (χ2n) is 3.15. The third-order valence-electron chi connectivity index (χ3n) is 1.85. The van der Waals surface area contributed by atoms with E-state index in [9.17, 15) is 9.59 Å². The zero-order valence-electron chi connectivity index (χ0n) is 9.23. The predicted octanol–water partition coefficient (Wildman–Crippen LogP) is 0.202. The minimum absolute atomic E-state index is 0.0317. The first-order valence-corrected chi connectivity index (χ1v) is 5.00. The minimum Gasteiger partial charge on any atom is -0.467 e. The number of hydrogen-bond acceptors (Lipinski definition) is 6. The van der Waals surface area contributed by atoms with Crippen molar-refractivity contribution in [3.8, 4) is 0 Å². The van der Waals surface area contributed by atoms with Gasteiger partial charge in [-0.25, -0.2) is 14.8 Å². The Labute approximate surface area is 102 Å². The molecule has 1 aromatic rings. The van der Waals surface area contributed by atoms with E-state index >= 15 is 0 Å². The number of amides is 1. The summed E-state index contributed by atoms with van der Waals surface area (Å²) in [4.78, 5) is 29.7. The molecule has 17 heavy (non-hydrogen) atoms. The molecule has 0 aromatic carbocycles. The lowest BCUT2D eigenvalue weighted by molar-refractivity contribution is -0.141. The number of anilines is 1. The molecule has 0 aliphatic carbocycles. The number of halogens is 1. The summed E-state index contributed by atoms with van der Waals surface area (Å²) in [6.07, 6.45) is 0. The summed E-state index contributed by atoms with van der Waals surface area (Å²) < 4.78 is 4.51. The second kappa shape index (κ2) is 5.44. The summed E-state index contributed by atoms with van der Waals surface area (Å²) in [6, 6.07) is 0.567. The van der Waals surface area contributed by atoms with Gasteiger partial charge in [-0.05, 0) is 6.92 Å². The summed E-state index contributed by atoms with van der Waals surface area (Å²) in [7, 11) is 1.26. The standard InChI is InChI=1S/C9H11ClN4O3/c1-4(8(16)17-2)12-9-13-5(7(11)15)3-6(10)14-9/h3-4H,1-2H3,(H2,11,15)(H,12,13,14)/t4-/m0/s1. The van der Waals surface area contributed by atoms with Crippen molar-refractivity contribution in [2.24, 2.45) is 5.73 Å². The highest BCUT2D eigenvalue weighted by Gasteiger charge is 2.15. The number of rotatable bonds is 4. The second-order valence-corrected chi connectivity index (χ2v) is 3.54. The molecule has 0 saturated heterocycles. The van der Waals surface area contributed by atoms with Crippen LogP contribution in [-0.2, 0) is 9.53 Å². The largest absolute Gasteiger partial charge is 0.467 e. The van der Waals surface area contributed by atoms with Gasteiger partial charge in [-0.2, -0.15) is 0 Å². The highest BCUT2D eigenvalue weighted by atomic mass is 35.5. The first-order chi connectivity index (χ1) is 7.93. The molecular weight excluding hydrogens is 248 g/mol. The Bertz CT molecular complexity index is 452. The van der Waals surface area contributed by atoms with Crippen molar-refractivity contribution in [3.05, 3.63) is 16.9 Å². The van der Waals surface area contributed by atoms with Crippen LogP contribution in [0.1, 0.15) is 17.4 Å². The first kappa shape index (κ1) is 13.2. The van der Waals surface area contributed by atoms with Crippen LogP contribution in [0.2, 0.25) is 5.15 Å². The zero-order chi connectivity index (χ0) is 13.0. The number of primary amides is 1. The topological polar surface area (TPSA) is 107 Å². The van der Waals surface area contributed by atoms with Crippen LogP contribution in [0.15, 0.2) is 6.07 Å². The molecule has 1 aromatic heterocycles. The molecule has 0 aliphatic rings. The maximum atomic E-state index is 11.2. The van der Waals surface area contributed by atoms with Crippen LogP contribution in [0.25, 0.3) is 0 Å². The van der Waals surface area contributed by atoms with E-state index in [0.29, 0.717) is 0 Å². The average Bonchev–Trinajstić information content (AvgIpc) is 2.26. The number of nitrogens with two attached hydrogens (primary N) is 1. The molecule has 8 heteroatoms. The van der Waals surface area contributed by atoms with E-state index in [1.54, 1.807) is 6.92 Å². The van der Waals surface area contributed by atoms with Gasteiger partial charge in [0.05, 0.1) is 7.11 Å². The van der Waals surface area contributed by atoms with Gasteiger partial charge in [0.2, 0.25) is 5.95 Å². The summed E-state index contributed by atoms with van der Waals surface area (Å²) in [5, 5.41) is 2.69. The smallest absolute Gasteiger partial charge is 0.328 e. The van der Waals surface area contributed by atoms with Crippen molar-refractivity contribution in [2.45, 2.75) is 13.0 Å². The van der Waals surface area contributed by atoms with E-state index in [4.69, 9.17) is 17.3 Å². The summed E-state index contributed by atoms with van der Waals surface area (Å²) in [5.74, 6) is -1.19. The lowest BCUT2D eigenvalue weighted by Gasteiger charge is -2.11. The van der Waals surface area contributed by atoms with Crippen LogP contribution in [-0.4, -0.2) is 35.0 Å². The Balaban J connectivity index is 2.91. The van der Waals surface area contributed by atoms with E-state index in [0.717, 1.165) is 0 Å². The molecular formula is C9H11ClN4O3. The van der Waals surface area contributed by atoms with Gasteiger partial charge < -0.3 is 15.8 Å². The minimum atomic E-state index is -0.733. The van der Waals surface area contributed by atoms with Crippen molar-refractivity contribution in [3.63, 3.8) is 0 Å². The fourth-order valence-electron chi connectivity index (χ4n) is 1.04. The fourth-order valence-corrected chi connectivity index (χ4v) is 1.22. The highest BCUT2D eigenvalue weighted by Crippen LogP contribution is 2.11. The van der Waals surface area contributed by atoms with Gasteiger partial charge in [0, 0.05) is 6.07 Å². The number of aromatic nitrogens is 2. The molecule has 0 fully saturated rings. The van der Waals surface area contributed by atoms with Crippen molar-refractivity contribution in [1.82, 2.24) is 9.97 Å². The van der Waals surface area contributed by atoms with E-state index in [-0.39, 0.29) is 16.8 Å². The first-order valence-electron chi connectivity index (χ1n) is 4.62. The molecule has 1 rings (SSSR count). The van der Waals surface area contributed by atoms with Gasteiger partial charge in [0.1, 0.15) is 16.9 Å². The number of methoxy groups -OCH3 is 1. The fraction of sp³-hybridized carbons (Fsp3) is 0.333. The van der Waals surface area contributed by atoms with Gasteiger partial charge in [-0.15, -0.1) is 0 Å². The molecule has 7 nitrogen and oxygen atoms in total. The third-order valence-corrected chi connectivity index (χ3v) is 2.04. The normalized spacial score (nSPS) is 11.7. The lowest BCUT2D eigenvalue weighted by Crippen LogP contribution is -2.28. The quantitative estimate of drug-likeness (QED) is 0.590. The van der Waals surface area contributed by atoms with Crippen molar-refractivity contribution in [2.75, 3.05) is 12.4 Å². The lowest BCUT2D eigenvalue weighted by atomic mass is 10.3. The molecule has 3 N–H and O–H groups in total. The summed E-state index contributed by atoms with van der Waals surface area (Å²) >= 11 is 5.68. The van der Waals surface area contributed by atoms with Crippen LogP contribution >= 0.6 is 11.6 Å². The van der Waals surface area contributed by atoms with Crippen LogP contribution in [0.5, 0.6) is 0 Å². The third kappa shape index (κ3) is 3.56. The SMILES string of the molecule is COC(=O)[C@H](C)Nc1nc(Cl)cc(C(N)=O)n1. The van der Waals surface area contributed by atoms with Crippen LogP contribution in [0.4, 0.5) is 5.95 Å². The molecule has 1 heterocycles. The number of carbonyl (C=O) groups excluding carboxylic acids is 2. The van der Waals surface area contributed by atoms with E-state index in [1.165, 1.54) is 13.2 Å². The van der Waals surface area contributed by atoms with Gasteiger partial charge in [0.25, 0.3) is 5.91 Å². The maximum Gasteiger partial charge on any atom is 0.328 e. The predicted molar refractivity (Wildman–Crippen MR) is 60.7 cm³/mol. The number of ether oxygens (including phenoxy) is 1. The van der Waals surface area contributed by atoms with Crippen molar-refractivity contribution in [1.29, 1.82) is 0 Å². The molecule has 0 unspecified atom stereocenters. The molecule has 0 spiro atoms. The van der Waals surface area contributed by atoms with Gasteiger partial charge in [-0.3, -0.25) is 4.79 Å². The Morgan fingerprint density at radius 2 is 2.18 bits per heavy atom. The van der Waals surface area contributed by atoms with Crippen molar-refractivity contribution >= 4 is 29.4 Å². The monoisotopic (exact) mass is 258 g/mol. The molecule has 92 valence electrons. The van der Waals surface area contributed by atoms with Gasteiger partial charge in [-0.1, -0.05) is 11.6 Å². The summed E-state index contributed by atoms with van der Waals surface area (Å²) in [5.41, 5.74) is 5.02. The molecule has 0 radical (unpaired) electrons. The number of hydrogen-bond donors (Lipinski definition) is 2. The van der Waals surface area contributed by atoms with Crippen molar-refractivity contribution < 1.29 is 14.3 Å². The van der Waals surface area contributed by atoms with Crippen LogP contribution in [0.3, 0.4) is 0 Å². The van der Waals surface area contributed by atoms with Crippen LogP contribution < -0.4 is 11.1 Å². The maximum absolute atomic E-state index is 11.2. The Morgan fingerprint density at radius 1 is 1.53 bits per heavy atom. The number of esters is 1. The van der Waals surface area contributed by atoms with E-state index in [1.807, 2.05) is 0 Å². The Morgan fingerprint density at radius 3 is 2.71 bits per heavy atom. The molecule has 0 saturated carbocycles. The van der Waals surface area contributed by atoms with E-state index in [2.05, 4.69) is 20.0 Å². The highest BCUT2D eigenvalue weighted by molar-refractivity contribution is 6.29. The number of carbonyl (C=O) groups is 2. The van der Waals surface area contributed by atoms with E-state index < -0.39 is 17.9 Å². The molecule has 0 bridgehead atoms. The molecule has 1 atom stereocenters. The van der Waals surface area contributed by atoms with Gasteiger partial charge >= 0.3 is 5.97 Å².